The highest BCUT2D eigenvalue weighted by molar-refractivity contribution is 7.90. The molecule has 22 heavy (non-hydrogen) atoms. The molecule has 6 nitrogen and oxygen atoms in total. The molecule has 3 rings (SSSR count). The quantitative estimate of drug-likeness (QED) is 0.916. The first-order chi connectivity index (χ1) is 10.4. The Labute approximate surface area is 127 Å². The van der Waals surface area contributed by atoms with Gasteiger partial charge in [0.15, 0.2) is 0 Å². The standard InChI is InChI=1S/C14H14FN3O3S/c1-18-8-9(7-16-18)12-6-13(12)14(19)17-22(20,21)11-4-2-10(15)3-5-11/h2-5,7-8,12-13H,6H2,1H3,(H,17,19)/t12-,13+/m1/s1. The summed E-state index contributed by atoms with van der Waals surface area (Å²) >= 11 is 0. The van der Waals surface area contributed by atoms with Crippen LogP contribution >= 0.6 is 0 Å². The van der Waals surface area contributed by atoms with E-state index in [4.69, 9.17) is 0 Å². The topological polar surface area (TPSA) is 81.1 Å². The number of aryl methyl sites for hydroxylation is 1. The molecule has 0 spiro atoms. The Morgan fingerprint density at radius 1 is 1.36 bits per heavy atom. The fraction of sp³-hybridized carbons (Fsp3) is 0.286. The molecule has 2 atom stereocenters. The van der Waals surface area contributed by atoms with Gasteiger partial charge in [-0.1, -0.05) is 0 Å². The Bertz CT molecular complexity index is 814. The molecule has 1 fully saturated rings. The summed E-state index contributed by atoms with van der Waals surface area (Å²) in [6.45, 7) is 0. The number of carbonyl (C=O) groups is 1. The van der Waals surface area contributed by atoms with E-state index in [9.17, 15) is 17.6 Å². The van der Waals surface area contributed by atoms with Gasteiger partial charge in [-0.3, -0.25) is 9.48 Å². The minimum Gasteiger partial charge on any atom is -0.276 e. The zero-order valence-corrected chi connectivity index (χ0v) is 12.5. The number of rotatable bonds is 4. The van der Waals surface area contributed by atoms with E-state index in [1.54, 1.807) is 17.9 Å². The summed E-state index contributed by atoms with van der Waals surface area (Å²) in [6.07, 6.45) is 4.08. The molecule has 0 bridgehead atoms. The van der Waals surface area contributed by atoms with Gasteiger partial charge in [0, 0.05) is 19.2 Å². The number of hydrogen-bond donors (Lipinski definition) is 1. The average Bonchev–Trinajstić information content (AvgIpc) is 3.14. The van der Waals surface area contributed by atoms with Crippen LogP contribution in [0.4, 0.5) is 4.39 Å². The van der Waals surface area contributed by atoms with Gasteiger partial charge in [-0.25, -0.2) is 17.5 Å². The first kappa shape index (κ1) is 14.7. The van der Waals surface area contributed by atoms with E-state index < -0.39 is 21.7 Å². The predicted octanol–water partition coefficient (Wildman–Crippen LogP) is 1.17. The van der Waals surface area contributed by atoms with Crippen LogP contribution in [-0.2, 0) is 21.9 Å². The lowest BCUT2D eigenvalue weighted by atomic mass is 10.2. The number of halogens is 1. The lowest BCUT2D eigenvalue weighted by Crippen LogP contribution is -2.32. The van der Waals surface area contributed by atoms with E-state index in [1.165, 1.54) is 0 Å². The smallest absolute Gasteiger partial charge is 0.264 e. The second-order valence-electron chi connectivity index (χ2n) is 5.32. The molecule has 0 saturated heterocycles. The molecule has 1 aromatic heterocycles. The van der Waals surface area contributed by atoms with Crippen molar-refractivity contribution in [1.29, 1.82) is 0 Å². The molecule has 1 heterocycles. The highest BCUT2D eigenvalue weighted by Gasteiger charge is 2.45. The van der Waals surface area contributed by atoms with Crippen LogP contribution in [0, 0.1) is 11.7 Å². The minimum absolute atomic E-state index is 0.00267. The Kier molecular flexibility index (Phi) is 3.48. The first-order valence-electron chi connectivity index (χ1n) is 6.67. The number of amides is 1. The van der Waals surface area contributed by atoms with E-state index in [2.05, 4.69) is 5.10 Å². The zero-order chi connectivity index (χ0) is 15.9. The molecule has 1 N–H and O–H groups in total. The molecule has 1 aromatic carbocycles. The van der Waals surface area contributed by atoms with Crippen LogP contribution in [0.2, 0.25) is 0 Å². The summed E-state index contributed by atoms with van der Waals surface area (Å²) in [5.74, 6) is -1.46. The molecule has 116 valence electrons. The molecule has 0 radical (unpaired) electrons. The summed E-state index contributed by atoms with van der Waals surface area (Å²) in [7, 11) is -2.19. The molecule has 1 amide bonds. The van der Waals surface area contributed by atoms with Gasteiger partial charge in [0.1, 0.15) is 5.82 Å². The lowest BCUT2D eigenvalue weighted by molar-refractivity contribution is -0.120. The Hall–Kier alpha value is -2.22. The van der Waals surface area contributed by atoms with Gasteiger partial charge in [0.25, 0.3) is 10.0 Å². The molecule has 1 aliphatic carbocycles. The van der Waals surface area contributed by atoms with Crippen LogP contribution in [-0.4, -0.2) is 24.1 Å². The minimum atomic E-state index is -3.97. The largest absolute Gasteiger partial charge is 0.276 e. The summed E-state index contributed by atoms with van der Waals surface area (Å²) in [4.78, 5) is 11.9. The number of nitrogens with zero attached hydrogens (tertiary/aromatic N) is 2. The van der Waals surface area contributed by atoms with Crippen molar-refractivity contribution in [3.63, 3.8) is 0 Å². The second kappa shape index (κ2) is 5.20. The maximum atomic E-state index is 12.8. The third-order valence-corrected chi connectivity index (χ3v) is 5.00. The van der Waals surface area contributed by atoms with Gasteiger partial charge in [-0.15, -0.1) is 0 Å². The fourth-order valence-electron chi connectivity index (χ4n) is 2.37. The number of sulfonamides is 1. The fourth-order valence-corrected chi connectivity index (χ4v) is 3.39. The highest BCUT2D eigenvalue weighted by atomic mass is 32.2. The van der Waals surface area contributed by atoms with Crippen molar-refractivity contribution in [2.75, 3.05) is 0 Å². The van der Waals surface area contributed by atoms with Gasteiger partial charge in [-0.05, 0) is 42.2 Å². The van der Waals surface area contributed by atoms with Crippen molar-refractivity contribution in [3.8, 4) is 0 Å². The van der Waals surface area contributed by atoms with Crippen LogP contribution in [0.1, 0.15) is 17.9 Å². The normalized spacial score (nSPS) is 20.6. The van der Waals surface area contributed by atoms with Crippen molar-refractivity contribution in [2.45, 2.75) is 17.2 Å². The third kappa shape index (κ3) is 2.87. The Morgan fingerprint density at radius 2 is 2.05 bits per heavy atom. The maximum absolute atomic E-state index is 12.8. The SMILES string of the molecule is Cn1cc([C@H]2C[C@@H]2C(=O)NS(=O)(=O)c2ccc(F)cc2)cn1. The molecule has 1 saturated carbocycles. The molecule has 0 unspecified atom stereocenters. The van der Waals surface area contributed by atoms with Crippen LogP contribution in [0.25, 0.3) is 0 Å². The van der Waals surface area contributed by atoms with Crippen LogP contribution < -0.4 is 4.72 Å². The van der Waals surface area contributed by atoms with Crippen LogP contribution in [0.5, 0.6) is 0 Å². The molecule has 1 aliphatic rings. The summed E-state index contributed by atoms with van der Waals surface area (Å²) < 4.78 is 40.6. The van der Waals surface area contributed by atoms with E-state index >= 15 is 0 Å². The van der Waals surface area contributed by atoms with Gasteiger partial charge < -0.3 is 0 Å². The summed E-state index contributed by atoms with van der Waals surface area (Å²) in [5, 5.41) is 4.03. The molecular formula is C14H14FN3O3S. The first-order valence-corrected chi connectivity index (χ1v) is 8.16. The van der Waals surface area contributed by atoms with Gasteiger partial charge in [-0.2, -0.15) is 5.10 Å². The summed E-state index contributed by atoms with van der Waals surface area (Å²) in [5.41, 5.74) is 0.918. The molecule has 8 heteroatoms. The predicted molar refractivity (Wildman–Crippen MR) is 75.8 cm³/mol. The van der Waals surface area contributed by atoms with Crippen molar-refractivity contribution < 1.29 is 17.6 Å². The second-order valence-corrected chi connectivity index (χ2v) is 7.00. The molecular weight excluding hydrogens is 309 g/mol. The van der Waals surface area contributed by atoms with Crippen LogP contribution in [0.3, 0.4) is 0 Å². The number of aromatic nitrogens is 2. The van der Waals surface area contributed by atoms with Crippen LogP contribution in [0.15, 0.2) is 41.6 Å². The van der Waals surface area contributed by atoms with E-state index in [0.717, 1.165) is 29.8 Å². The highest BCUT2D eigenvalue weighted by Crippen LogP contribution is 2.47. The number of benzene rings is 1. The monoisotopic (exact) mass is 323 g/mol. The Morgan fingerprint density at radius 3 is 2.64 bits per heavy atom. The lowest BCUT2D eigenvalue weighted by Gasteiger charge is -2.06. The zero-order valence-electron chi connectivity index (χ0n) is 11.7. The molecule has 0 aliphatic heterocycles. The van der Waals surface area contributed by atoms with E-state index in [0.29, 0.717) is 6.42 Å². The van der Waals surface area contributed by atoms with E-state index in [-0.39, 0.29) is 16.7 Å². The maximum Gasteiger partial charge on any atom is 0.264 e. The average molecular weight is 323 g/mol. The van der Waals surface area contributed by atoms with Crippen molar-refractivity contribution in [3.05, 3.63) is 48.0 Å². The van der Waals surface area contributed by atoms with Crippen molar-refractivity contribution >= 4 is 15.9 Å². The number of nitrogens with one attached hydrogen (secondary N) is 1. The van der Waals surface area contributed by atoms with Gasteiger partial charge in [0.2, 0.25) is 5.91 Å². The Balaban J connectivity index is 1.68. The van der Waals surface area contributed by atoms with Crippen molar-refractivity contribution in [2.24, 2.45) is 13.0 Å². The third-order valence-electron chi connectivity index (χ3n) is 3.64. The van der Waals surface area contributed by atoms with Gasteiger partial charge in [0.05, 0.1) is 11.1 Å². The summed E-state index contributed by atoms with van der Waals surface area (Å²) in [6, 6.07) is 4.32. The van der Waals surface area contributed by atoms with Gasteiger partial charge >= 0.3 is 0 Å². The van der Waals surface area contributed by atoms with Crippen molar-refractivity contribution in [1.82, 2.24) is 14.5 Å². The molecule has 2 aromatic rings. The number of carbonyl (C=O) groups excluding carboxylic acids is 1. The van der Waals surface area contributed by atoms with E-state index in [1.807, 2.05) is 10.9 Å². The number of hydrogen-bond acceptors (Lipinski definition) is 4.